The molecule has 0 aliphatic rings. The normalized spacial score (nSPS) is 12.8. The predicted molar refractivity (Wildman–Crippen MR) is 140 cm³/mol. The molecular weight excluding hydrogens is 464 g/mol. The fourth-order valence-electron chi connectivity index (χ4n) is 4.06. The average Bonchev–Trinajstić information content (AvgIpc) is 2.80. The van der Waals surface area contributed by atoms with Crippen molar-refractivity contribution < 1.29 is 29.6 Å². The lowest BCUT2D eigenvalue weighted by Crippen LogP contribution is -2.14. The zero-order valence-electron chi connectivity index (χ0n) is 21.2. The minimum absolute atomic E-state index is 0.0235. The number of aryl methyl sites for hydroxylation is 1. The van der Waals surface area contributed by atoms with E-state index >= 15 is 0 Å². The highest BCUT2D eigenvalue weighted by atomic mass is 32.2. The maximum atomic E-state index is 11.7. The standard InChI is InChI=1S/C28H38O6S/c1-5-8-20-17-21(27(32)18(3)16-26(30)31)10-13-25(20)35-15-7-14-34-24-12-11-22(19(4)29)28(33)23(24)9-6-2/h10-13,17-18,27,32-33H,5-9,14-16H2,1-4H3,(H,30,31). The molecule has 0 bridgehead atoms. The molecule has 2 aromatic rings. The number of aliphatic hydroxyl groups is 1. The number of aliphatic carboxylic acids is 1. The van der Waals surface area contributed by atoms with Gasteiger partial charge in [-0.3, -0.25) is 9.59 Å². The van der Waals surface area contributed by atoms with Crippen LogP contribution >= 0.6 is 11.8 Å². The Bertz CT molecular complexity index is 1000. The lowest BCUT2D eigenvalue weighted by atomic mass is 9.93. The highest BCUT2D eigenvalue weighted by Gasteiger charge is 2.20. The van der Waals surface area contributed by atoms with Crippen LogP contribution in [0.1, 0.15) is 86.5 Å². The molecule has 0 aromatic heterocycles. The molecule has 0 spiro atoms. The number of hydrogen-bond donors (Lipinski definition) is 3. The van der Waals surface area contributed by atoms with Crippen molar-refractivity contribution in [1.29, 1.82) is 0 Å². The Labute approximate surface area is 212 Å². The van der Waals surface area contributed by atoms with Gasteiger partial charge in [-0.25, -0.2) is 0 Å². The van der Waals surface area contributed by atoms with Crippen LogP contribution < -0.4 is 4.74 Å². The second kappa shape index (κ2) is 14.1. The number of hydrogen-bond acceptors (Lipinski definition) is 6. The van der Waals surface area contributed by atoms with Crippen molar-refractivity contribution in [2.75, 3.05) is 12.4 Å². The van der Waals surface area contributed by atoms with E-state index in [1.807, 2.05) is 25.1 Å². The van der Waals surface area contributed by atoms with Gasteiger partial charge in [0.05, 0.1) is 24.7 Å². The SMILES string of the molecule is CCCc1cc(C(O)C(C)CC(=O)O)ccc1SCCCOc1ccc(C(C)=O)c(O)c1CCC. The molecule has 0 fully saturated rings. The number of benzene rings is 2. The minimum atomic E-state index is -0.911. The molecule has 0 aliphatic heterocycles. The monoisotopic (exact) mass is 502 g/mol. The van der Waals surface area contributed by atoms with E-state index < -0.39 is 12.1 Å². The van der Waals surface area contributed by atoms with Gasteiger partial charge in [-0.15, -0.1) is 11.8 Å². The van der Waals surface area contributed by atoms with Crippen LogP contribution in [0.15, 0.2) is 35.2 Å². The number of ketones is 1. The molecule has 0 aliphatic carbocycles. The largest absolute Gasteiger partial charge is 0.507 e. The van der Waals surface area contributed by atoms with Gasteiger partial charge in [0.2, 0.25) is 0 Å². The predicted octanol–water partition coefficient (Wildman–Crippen LogP) is 6.21. The number of rotatable bonds is 15. The van der Waals surface area contributed by atoms with Crippen molar-refractivity contribution in [3.05, 3.63) is 52.6 Å². The number of aliphatic hydroxyl groups excluding tert-OH is 1. The maximum Gasteiger partial charge on any atom is 0.303 e. The Kier molecular flexibility index (Phi) is 11.6. The number of carbonyl (C=O) groups is 2. The topological polar surface area (TPSA) is 104 Å². The third kappa shape index (κ3) is 8.29. The maximum absolute atomic E-state index is 11.7. The van der Waals surface area contributed by atoms with Crippen LogP contribution in [0.25, 0.3) is 0 Å². The summed E-state index contributed by atoms with van der Waals surface area (Å²) in [7, 11) is 0. The quantitative estimate of drug-likeness (QED) is 0.151. The number of phenolic OH excluding ortho intramolecular Hbond substituents is 1. The number of carboxylic acid groups (broad SMARTS) is 1. The molecule has 2 rings (SSSR count). The summed E-state index contributed by atoms with van der Waals surface area (Å²) in [5.74, 6) is 0.0517. The lowest BCUT2D eigenvalue weighted by molar-refractivity contribution is -0.139. The number of phenols is 1. The first-order valence-electron chi connectivity index (χ1n) is 12.3. The van der Waals surface area contributed by atoms with Gasteiger partial charge in [-0.2, -0.15) is 0 Å². The molecule has 0 radical (unpaired) electrons. The number of carboxylic acids is 1. The Hall–Kier alpha value is -2.51. The number of aromatic hydroxyl groups is 1. The van der Waals surface area contributed by atoms with Crippen LogP contribution in [0, 0.1) is 5.92 Å². The lowest BCUT2D eigenvalue weighted by Gasteiger charge is -2.19. The summed E-state index contributed by atoms with van der Waals surface area (Å²) in [5.41, 5.74) is 2.93. The summed E-state index contributed by atoms with van der Waals surface area (Å²) in [4.78, 5) is 23.9. The molecule has 192 valence electrons. The fourth-order valence-corrected chi connectivity index (χ4v) is 5.05. The smallest absolute Gasteiger partial charge is 0.303 e. The fraction of sp³-hybridized carbons (Fsp3) is 0.500. The molecule has 3 N–H and O–H groups in total. The van der Waals surface area contributed by atoms with Crippen LogP contribution in [0.4, 0.5) is 0 Å². The van der Waals surface area contributed by atoms with Gasteiger partial charge in [0.1, 0.15) is 11.5 Å². The Morgan fingerprint density at radius 2 is 1.80 bits per heavy atom. The first-order chi connectivity index (χ1) is 16.7. The van der Waals surface area contributed by atoms with Crippen molar-refractivity contribution >= 4 is 23.5 Å². The van der Waals surface area contributed by atoms with Gasteiger partial charge in [0.25, 0.3) is 0 Å². The summed E-state index contributed by atoms with van der Waals surface area (Å²) < 4.78 is 5.96. The van der Waals surface area contributed by atoms with Crippen molar-refractivity contribution in [3.63, 3.8) is 0 Å². The summed E-state index contributed by atoms with van der Waals surface area (Å²) in [6.45, 7) is 7.82. The number of ether oxygens (including phenoxy) is 1. The van der Waals surface area contributed by atoms with E-state index in [0.29, 0.717) is 29.9 Å². The van der Waals surface area contributed by atoms with E-state index in [2.05, 4.69) is 6.92 Å². The van der Waals surface area contributed by atoms with E-state index in [1.54, 1.807) is 30.8 Å². The first kappa shape index (κ1) is 28.7. The van der Waals surface area contributed by atoms with Gasteiger partial charge in [-0.1, -0.05) is 45.7 Å². The average molecular weight is 503 g/mol. The van der Waals surface area contributed by atoms with E-state index in [9.17, 15) is 19.8 Å². The Morgan fingerprint density at radius 1 is 1.09 bits per heavy atom. The van der Waals surface area contributed by atoms with Gasteiger partial charge in [0, 0.05) is 16.2 Å². The highest BCUT2D eigenvalue weighted by Crippen LogP contribution is 2.34. The zero-order chi connectivity index (χ0) is 26.0. The van der Waals surface area contributed by atoms with E-state index in [-0.39, 0.29) is 23.9 Å². The molecule has 2 aromatic carbocycles. The van der Waals surface area contributed by atoms with Crippen LogP contribution in [-0.4, -0.2) is 39.4 Å². The van der Waals surface area contributed by atoms with Crippen molar-refractivity contribution in [3.8, 4) is 11.5 Å². The molecule has 7 heteroatoms. The molecule has 0 saturated carbocycles. The summed E-state index contributed by atoms with van der Waals surface area (Å²) in [6.07, 6.45) is 3.25. The van der Waals surface area contributed by atoms with Gasteiger partial charge in [-0.05, 0) is 61.4 Å². The highest BCUT2D eigenvalue weighted by molar-refractivity contribution is 7.99. The van der Waals surface area contributed by atoms with E-state index in [1.165, 1.54) is 6.92 Å². The van der Waals surface area contributed by atoms with Crippen molar-refractivity contribution in [2.24, 2.45) is 5.92 Å². The Morgan fingerprint density at radius 3 is 2.43 bits per heavy atom. The van der Waals surface area contributed by atoms with Crippen molar-refractivity contribution in [1.82, 2.24) is 0 Å². The molecule has 2 unspecified atom stereocenters. The van der Waals surface area contributed by atoms with E-state index in [4.69, 9.17) is 9.84 Å². The number of thioether (sulfide) groups is 1. The first-order valence-corrected chi connectivity index (χ1v) is 13.3. The van der Waals surface area contributed by atoms with E-state index in [0.717, 1.165) is 47.5 Å². The van der Waals surface area contributed by atoms with Gasteiger partial charge >= 0.3 is 5.97 Å². The van der Waals surface area contributed by atoms with Crippen LogP contribution in [0.5, 0.6) is 11.5 Å². The summed E-state index contributed by atoms with van der Waals surface area (Å²) >= 11 is 1.74. The molecule has 2 atom stereocenters. The number of Topliss-reactive ketones (excluding diaryl/α,β-unsaturated/α-hetero) is 1. The second-order valence-electron chi connectivity index (χ2n) is 8.93. The molecule has 6 nitrogen and oxygen atoms in total. The van der Waals surface area contributed by atoms with Crippen LogP contribution in [0.2, 0.25) is 0 Å². The molecular formula is C28H38O6S. The van der Waals surface area contributed by atoms with Crippen LogP contribution in [0.3, 0.4) is 0 Å². The molecule has 0 heterocycles. The minimum Gasteiger partial charge on any atom is -0.507 e. The Balaban J connectivity index is 1.99. The number of carbonyl (C=O) groups excluding carboxylic acids is 1. The zero-order valence-corrected chi connectivity index (χ0v) is 22.0. The third-order valence-electron chi connectivity index (χ3n) is 5.90. The molecule has 0 saturated heterocycles. The second-order valence-corrected chi connectivity index (χ2v) is 10.1. The molecule has 35 heavy (non-hydrogen) atoms. The third-order valence-corrected chi connectivity index (χ3v) is 7.11. The van der Waals surface area contributed by atoms with Crippen LogP contribution in [-0.2, 0) is 17.6 Å². The van der Waals surface area contributed by atoms with Crippen molar-refractivity contribution in [2.45, 2.75) is 77.2 Å². The molecule has 0 amide bonds. The summed E-state index contributed by atoms with van der Waals surface area (Å²) in [5, 5.41) is 30.1. The summed E-state index contributed by atoms with van der Waals surface area (Å²) in [6, 6.07) is 9.29. The van der Waals surface area contributed by atoms with Gasteiger partial charge < -0.3 is 20.1 Å². The van der Waals surface area contributed by atoms with Gasteiger partial charge in [0.15, 0.2) is 5.78 Å².